The standard InChI is InChI=1S/C28H31FN8O2/c1-28(2,3)39-27(38)33-18-7-8-20-17-37(4,24-15-30-13-11-23(24)35(20)16-18)26-32-14-19-9-10-22(34-36(19)26)25-21(29)6-5-12-31-25/h5-6,9-15,18,20H,7-8,16-17H2,1-4H3/p+1/t18-,20-,37?/m1/s1. The minimum atomic E-state index is -0.548. The Labute approximate surface area is 226 Å². The number of halogens is 1. The zero-order valence-corrected chi connectivity index (χ0v) is 22.5. The lowest BCUT2D eigenvalue weighted by Crippen LogP contribution is -2.62. The van der Waals surface area contributed by atoms with Crippen LogP contribution in [0.5, 0.6) is 0 Å². The van der Waals surface area contributed by atoms with Crippen molar-refractivity contribution in [2.45, 2.75) is 51.3 Å². The van der Waals surface area contributed by atoms with Gasteiger partial charge in [-0.25, -0.2) is 13.7 Å². The third-order valence-corrected chi connectivity index (χ3v) is 7.43. The molecule has 0 radical (unpaired) electrons. The van der Waals surface area contributed by atoms with Crippen LogP contribution >= 0.6 is 0 Å². The number of ether oxygens (including phenoxy) is 1. The second-order valence-corrected chi connectivity index (χ2v) is 11.4. The second kappa shape index (κ2) is 9.26. The average Bonchev–Trinajstić information content (AvgIpc) is 3.33. The van der Waals surface area contributed by atoms with Gasteiger partial charge in [-0.3, -0.25) is 9.97 Å². The van der Waals surface area contributed by atoms with Gasteiger partial charge in [0.25, 0.3) is 0 Å². The zero-order valence-electron chi connectivity index (χ0n) is 22.5. The maximum atomic E-state index is 14.5. The van der Waals surface area contributed by atoms with Crippen LogP contribution in [0.1, 0.15) is 33.6 Å². The number of alkyl carbamates (subject to hydrolysis) is 1. The molecular weight excluding hydrogens is 499 g/mol. The number of pyridine rings is 2. The van der Waals surface area contributed by atoms with E-state index >= 15 is 0 Å². The zero-order chi connectivity index (χ0) is 27.4. The summed E-state index contributed by atoms with van der Waals surface area (Å²) in [5.74, 6) is 0.289. The monoisotopic (exact) mass is 531 g/mol. The molecule has 10 nitrogen and oxygen atoms in total. The summed E-state index contributed by atoms with van der Waals surface area (Å²) in [4.78, 5) is 28.3. The largest absolute Gasteiger partial charge is 0.444 e. The summed E-state index contributed by atoms with van der Waals surface area (Å²) in [6.45, 7) is 6.99. The first kappa shape index (κ1) is 25.2. The number of fused-ring (bicyclic) bond motifs is 4. The van der Waals surface area contributed by atoms with Crippen molar-refractivity contribution in [1.29, 1.82) is 0 Å². The number of anilines is 1. The van der Waals surface area contributed by atoms with Crippen molar-refractivity contribution in [3.8, 4) is 11.4 Å². The molecule has 0 saturated carbocycles. The molecule has 1 amide bonds. The van der Waals surface area contributed by atoms with E-state index in [9.17, 15) is 9.18 Å². The van der Waals surface area contributed by atoms with Crippen LogP contribution in [0.4, 0.5) is 26.5 Å². The molecule has 0 spiro atoms. The molecule has 202 valence electrons. The highest BCUT2D eigenvalue weighted by Gasteiger charge is 2.47. The van der Waals surface area contributed by atoms with Gasteiger partial charge < -0.3 is 15.0 Å². The van der Waals surface area contributed by atoms with E-state index in [0.29, 0.717) is 22.7 Å². The quantitative estimate of drug-likeness (QED) is 0.390. The summed E-state index contributed by atoms with van der Waals surface area (Å²) in [5.41, 5.74) is 2.92. The number of piperidine rings is 1. The van der Waals surface area contributed by atoms with Gasteiger partial charge in [-0.2, -0.15) is 14.6 Å². The molecule has 2 aliphatic heterocycles. The van der Waals surface area contributed by atoms with Crippen LogP contribution in [0.25, 0.3) is 16.9 Å². The van der Waals surface area contributed by atoms with E-state index in [1.54, 1.807) is 35.2 Å². The van der Waals surface area contributed by atoms with Crippen LogP contribution in [0, 0.1) is 5.82 Å². The predicted molar refractivity (Wildman–Crippen MR) is 146 cm³/mol. The number of quaternary nitrogens is 1. The molecule has 1 fully saturated rings. The molecule has 0 aliphatic carbocycles. The fourth-order valence-electron chi connectivity index (χ4n) is 5.72. The van der Waals surface area contributed by atoms with Gasteiger partial charge in [0.15, 0.2) is 11.5 Å². The number of hydrogen-bond acceptors (Lipinski definition) is 7. The van der Waals surface area contributed by atoms with E-state index in [1.165, 1.54) is 6.07 Å². The third-order valence-electron chi connectivity index (χ3n) is 7.43. The fourth-order valence-corrected chi connectivity index (χ4v) is 5.72. The number of hydrogen-bond donors (Lipinski definition) is 1. The Kier molecular flexibility index (Phi) is 5.98. The van der Waals surface area contributed by atoms with Crippen molar-refractivity contribution in [2.24, 2.45) is 0 Å². The molecule has 1 N–H and O–H groups in total. The van der Waals surface area contributed by atoms with E-state index in [0.717, 1.165) is 36.3 Å². The van der Waals surface area contributed by atoms with Crippen molar-refractivity contribution in [1.82, 2.24) is 34.4 Å². The number of amides is 1. The fraction of sp³-hybridized carbons (Fsp3) is 0.393. The number of carbonyl (C=O) groups excluding carboxylic acids is 1. The Morgan fingerprint density at radius 2 is 1.97 bits per heavy atom. The minimum absolute atomic E-state index is 0.0290. The molecule has 1 saturated heterocycles. The SMILES string of the molecule is CC(C)(C)OC(=O)N[C@@H]1CC[C@@H]2C[N+](C)(c3ncc4ccc(-c5ncccc5F)nn34)c3cnccc3N2C1. The van der Waals surface area contributed by atoms with Crippen LogP contribution in [0.3, 0.4) is 0 Å². The topological polar surface area (TPSA) is 97.5 Å². The lowest BCUT2D eigenvalue weighted by molar-refractivity contribution is 0.0496. The number of imidazole rings is 1. The third kappa shape index (κ3) is 4.56. The summed E-state index contributed by atoms with van der Waals surface area (Å²) >= 11 is 0. The lowest BCUT2D eigenvalue weighted by atomic mass is 9.93. The molecule has 3 atom stereocenters. The number of rotatable bonds is 3. The Bertz CT molecular complexity index is 1550. The molecule has 0 aromatic carbocycles. The van der Waals surface area contributed by atoms with E-state index < -0.39 is 17.5 Å². The maximum Gasteiger partial charge on any atom is 0.407 e. The van der Waals surface area contributed by atoms with Crippen LogP contribution < -0.4 is 14.7 Å². The van der Waals surface area contributed by atoms with Crippen LogP contribution in [-0.2, 0) is 4.74 Å². The molecule has 4 aromatic heterocycles. The second-order valence-electron chi connectivity index (χ2n) is 11.4. The van der Waals surface area contributed by atoms with Gasteiger partial charge in [0, 0.05) is 25.0 Å². The molecule has 39 heavy (non-hydrogen) atoms. The predicted octanol–water partition coefficient (Wildman–Crippen LogP) is 4.47. The highest BCUT2D eigenvalue weighted by molar-refractivity contribution is 5.75. The van der Waals surface area contributed by atoms with Gasteiger partial charge in [0.1, 0.15) is 29.2 Å². The van der Waals surface area contributed by atoms with Crippen LogP contribution in [0.15, 0.2) is 55.1 Å². The van der Waals surface area contributed by atoms with E-state index in [-0.39, 0.29) is 17.8 Å². The lowest BCUT2D eigenvalue weighted by Gasteiger charge is -2.49. The van der Waals surface area contributed by atoms with Crippen molar-refractivity contribution < 1.29 is 13.9 Å². The smallest absolute Gasteiger partial charge is 0.407 e. The van der Waals surface area contributed by atoms with Gasteiger partial charge in [0.2, 0.25) is 0 Å². The number of aromatic nitrogens is 5. The molecule has 6 heterocycles. The summed E-state index contributed by atoms with van der Waals surface area (Å²) in [6.07, 6.45) is 8.34. The summed E-state index contributed by atoms with van der Waals surface area (Å²) in [5, 5.41) is 7.83. The summed E-state index contributed by atoms with van der Waals surface area (Å²) < 4.78 is 22.2. The molecule has 0 bridgehead atoms. The van der Waals surface area contributed by atoms with Crippen LogP contribution in [-0.4, -0.2) is 68.5 Å². The highest BCUT2D eigenvalue weighted by Crippen LogP contribution is 2.45. The summed E-state index contributed by atoms with van der Waals surface area (Å²) in [6, 6.07) is 8.79. The Hall–Kier alpha value is -4.12. The Morgan fingerprint density at radius 1 is 1.13 bits per heavy atom. The Morgan fingerprint density at radius 3 is 2.77 bits per heavy atom. The number of nitrogens with zero attached hydrogens (tertiary/aromatic N) is 7. The van der Waals surface area contributed by atoms with Gasteiger partial charge in [-0.15, -0.1) is 0 Å². The van der Waals surface area contributed by atoms with Crippen molar-refractivity contribution >= 4 is 28.9 Å². The van der Waals surface area contributed by atoms with Crippen molar-refractivity contribution in [2.75, 3.05) is 25.0 Å². The maximum absolute atomic E-state index is 14.5. The number of carbonyl (C=O) groups is 1. The van der Waals surface area contributed by atoms with E-state index in [4.69, 9.17) is 14.8 Å². The van der Waals surface area contributed by atoms with Crippen LogP contribution in [0.2, 0.25) is 0 Å². The van der Waals surface area contributed by atoms with E-state index in [1.807, 2.05) is 39.1 Å². The molecule has 2 aliphatic rings. The molecule has 11 heteroatoms. The first-order chi connectivity index (χ1) is 18.6. The van der Waals surface area contributed by atoms with Gasteiger partial charge in [0.05, 0.1) is 31.0 Å². The van der Waals surface area contributed by atoms with Gasteiger partial charge in [-0.1, -0.05) is 0 Å². The first-order valence-electron chi connectivity index (χ1n) is 13.1. The molecule has 6 rings (SSSR count). The molecular formula is C28H32FN8O2+. The first-order valence-corrected chi connectivity index (χ1v) is 13.1. The van der Waals surface area contributed by atoms with Crippen molar-refractivity contribution in [3.63, 3.8) is 0 Å². The minimum Gasteiger partial charge on any atom is -0.444 e. The van der Waals surface area contributed by atoms with Crippen molar-refractivity contribution in [3.05, 3.63) is 60.9 Å². The molecule has 4 aromatic rings. The van der Waals surface area contributed by atoms with Gasteiger partial charge in [-0.05, 0) is 63.9 Å². The average molecular weight is 532 g/mol. The number of nitrogens with one attached hydrogen (secondary N) is 1. The van der Waals surface area contributed by atoms with E-state index in [2.05, 4.69) is 27.2 Å². The normalized spacial score (nSPS) is 22.7. The highest BCUT2D eigenvalue weighted by atomic mass is 19.1. The molecule has 1 unspecified atom stereocenters. The number of likely N-dealkylation sites (N-methyl/N-ethyl adjacent to an activating group) is 1. The van der Waals surface area contributed by atoms with Gasteiger partial charge >= 0.3 is 12.0 Å². The Balaban J connectivity index is 1.36. The summed E-state index contributed by atoms with van der Waals surface area (Å²) in [7, 11) is 2.12.